The maximum absolute atomic E-state index is 13.5. The molecule has 6 nitrogen and oxygen atoms in total. The van der Waals surface area contributed by atoms with E-state index in [4.69, 9.17) is 4.74 Å². The zero-order valence-corrected chi connectivity index (χ0v) is 19.3. The zero-order chi connectivity index (χ0) is 22.7. The van der Waals surface area contributed by atoms with Gasteiger partial charge in [0.15, 0.2) is 0 Å². The summed E-state index contributed by atoms with van der Waals surface area (Å²) in [6, 6.07) is 16.0. The molecule has 2 aromatic rings. The van der Waals surface area contributed by atoms with Gasteiger partial charge >= 0.3 is 6.09 Å². The van der Waals surface area contributed by atoms with Crippen molar-refractivity contribution in [2.75, 3.05) is 37.6 Å². The summed E-state index contributed by atoms with van der Waals surface area (Å²) in [5.41, 5.74) is 3.92. The first-order chi connectivity index (χ1) is 15.4. The molecule has 0 N–H and O–H groups in total. The molecule has 6 heteroatoms. The largest absolute Gasteiger partial charge is 0.445 e. The highest BCUT2D eigenvalue weighted by molar-refractivity contribution is 5.90. The number of nitrogens with zero attached hydrogens (tertiary/aromatic N) is 3. The van der Waals surface area contributed by atoms with Crippen LogP contribution in [0, 0.1) is 13.8 Å². The van der Waals surface area contributed by atoms with E-state index in [0.29, 0.717) is 26.1 Å². The molecular weight excluding hydrogens is 402 g/mol. The Morgan fingerprint density at radius 1 is 0.938 bits per heavy atom. The predicted molar refractivity (Wildman–Crippen MR) is 126 cm³/mol. The molecule has 170 valence electrons. The van der Waals surface area contributed by atoms with Gasteiger partial charge in [-0.2, -0.15) is 0 Å². The van der Waals surface area contributed by atoms with E-state index in [-0.39, 0.29) is 12.5 Å². The molecule has 2 saturated heterocycles. The number of hydrogen-bond donors (Lipinski definition) is 0. The molecule has 2 aliphatic heterocycles. The molecule has 0 saturated carbocycles. The highest BCUT2D eigenvalue weighted by Gasteiger charge is 2.48. The fourth-order valence-corrected chi connectivity index (χ4v) is 4.84. The van der Waals surface area contributed by atoms with Crippen molar-refractivity contribution >= 4 is 17.7 Å². The van der Waals surface area contributed by atoms with Gasteiger partial charge in [-0.3, -0.25) is 9.69 Å². The highest BCUT2D eigenvalue weighted by atomic mass is 16.6. The van der Waals surface area contributed by atoms with Crippen LogP contribution in [-0.4, -0.2) is 60.1 Å². The normalized spacial score (nSPS) is 21.0. The third-order valence-electron chi connectivity index (χ3n) is 7.01. The first-order valence-corrected chi connectivity index (χ1v) is 11.5. The predicted octanol–water partition coefficient (Wildman–Crippen LogP) is 4.14. The first-order valence-electron chi connectivity index (χ1n) is 11.5. The molecule has 32 heavy (non-hydrogen) atoms. The Labute approximate surface area is 190 Å². The maximum atomic E-state index is 13.5. The van der Waals surface area contributed by atoms with Crippen LogP contribution in [0.25, 0.3) is 0 Å². The lowest BCUT2D eigenvalue weighted by Gasteiger charge is -2.42. The van der Waals surface area contributed by atoms with Crippen molar-refractivity contribution in [3.8, 4) is 0 Å². The average molecular weight is 436 g/mol. The molecule has 1 atom stereocenters. The van der Waals surface area contributed by atoms with Crippen LogP contribution in [0.15, 0.2) is 48.5 Å². The van der Waals surface area contributed by atoms with Gasteiger partial charge in [0.2, 0.25) is 5.91 Å². The number of carbonyl (C=O) groups excluding carboxylic acids is 2. The van der Waals surface area contributed by atoms with Crippen LogP contribution in [0.5, 0.6) is 0 Å². The number of rotatable bonds is 4. The third kappa shape index (κ3) is 4.31. The smallest absolute Gasteiger partial charge is 0.410 e. The minimum atomic E-state index is -0.838. The summed E-state index contributed by atoms with van der Waals surface area (Å²) >= 11 is 0. The molecule has 0 aromatic heterocycles. The molecule has 2 aromatic carbocycles. The number of carbonyl (C=O) groups is 2. The van der Waals surface area contributed by atoms with Crippen LogP contribution in [-0.2, 0) is 16.1 Å². The Morgan fingerprint density at radius 2 is 1.66 bits per heavy atom. The van der Waals surface area contributed by atoms with Crippen molar-refractivity contribution in [3.63, 3.8) is 0 Å². The Morgan fingerprint density at radius 3 is 2.38 bits per heavy atom. The number of hydrogen-bond acceptors (Lipinski definition) is 4. The lowest BCUT2D eigenvalue weighted by atomic mass is 9.96. The Balaban J connectivity index is 1.38. The molecule has 0 radical (unpaired) electrons. The molecule has 4 rings (SSSR count). The second-order valence-electron chi connectivity index (χ2n) is 9.07. The van der Waals surface area contributed by atoms with Crippen molar-refractivity contribution in [3.05, 3.63) is 65.2 Å². The molecule has 0 aliphatic carbocycles. The summed E-state index contributed by atoms with van der Waals surface area (Å²) < 4.78 is 5.55. The third-order valence-corrected chi connectivity index (χ3v) is 7.01. The van der Waals surface area contributed by atoms with E-state index in [1.807, 2.05) is 42.2 Å². The van der Waals surface area contributed by atoms with Crippen LogP contribution in [0.4, 0.5) is 10.5 Å². The number of piperazine rings is 1. The Kier molecular flexibility index (Phi) is 6.40. The number of anilines is 1. The van der Waals surface area contributed by atoms with Gasteiger partial charge in [-0.05, 0) is 56.4 Å². The lowest BCUT2D eigenvalue weighted by Crippen LogP contribution is -2.60. The van der Waals surface area contributed by atoms with E-state index in [1.165, 1.54) is 16.8 Å². The van der Waals surface area contributed by atoms with Crippen molar-refractivity contribution in [1.29, 1.82) is 0 Å². The monoisotopic (exact) mass is 435 g/mol. The van der Waals surface area contributed by atoms with Crippen LogP contribution in [0.1, 0.15) is 36.5 Å². The summed E-state index contributed by atoms with van der Waals surface area (Å²) in [6.45, 7) is 9.86. The highest BCUT2D eigenvalue weighted by Crippen LogP contribution is 2.33. The summed E-state index contributed by atoms with van der Waals surface area (Å²) in [6.07, 6.45) is 1.07. The zero-order valence-electron chi connectivity index (χ0n) is 19.3. The van der Waals surface area contributed by atoms with Gasteiger partial charge in [0, 0.05) is 38.4 Å². The van der Waals surface area contributed by atoms with Crippen molar-refractivity contribution in [2.24, 2.45) is 0 Å². The van der Waals surface area contributed by atoms with Gasteiger partial charge in [-0.1, -0.05) is 42.5 Å². The maximum Gasteiger partial charge on any atom is 0.410 e. The Hall–Kier alpha value is -3.02. The van der Waals surface area contributed by atoms with Crippen LogP contribution < -0.4 is 4.90 Å². The number of aryl methyl sites for hydroxylation is 1. The quantitative estimate of drug-likeness (QED) is 0.724. The number of benzene rings is 2. The average Bonchev–Trinajstić information content (AvgIpc) is 3.22. The fraction of sp³-hybridized carbons (Fsp3) is 0.462. The van der Waals surface area contributed by atoms with E-state index < -0.39 is 11.6 Å². The molecule has 2 aliphatic rings. The van der Waals surface area contributed by atoms with E-state index in [1.54, 1.807) is 4.90 Å². The van der Waals surface area contributed by atoms with E-state index in [2.05, 4.69) is 36.9 Å². The van der Waals surface area contributed by atoms with Gasteiger partial charge in [0.05, 0.1) is 0 Å². The minimum absolute atomic E-state index is 0.0345. The second-order valence-corrected chi connectivity index (χ2v) is 9.07. The standard InChI is InChI=1S/C26H33N3O3/c1-20-9-7-12-23(21(20)2)27-15-17-28(18-16-27)24(30)26(3)13-8-14-29(26)25(31)32-19-22-10-5-4-6-11-22/h4-7,9-12H,8,13-19H2,1-3H3. The first kappa shape index (κ1) is 22.2. The van der Waals surface area contributed by atoms with Crippen molar-refractivity contribution in [2.45, 2.75) is 45.8 Å². The van der Waals surface area contributed by atoms with Crippen LogP contribution >= 0.6 is 0 Å². The van der Waals surface area contributed by atoms with E-state index in [0.717, 1.165) is 25.1 Å². The van der Waals surface area contributed by atoms with Crippen LogP contribution in [0.3, 0.4) is 0 Å². The molecule has 2 fully saturated rings. The summed E-state index contributed by atoms with van der Waals surface area (Å²) in [5, 5.41) is 0. The SMILES string of the molecule is Cc1cccc(N2CCN(C(=O)C3(C)CCCN3C(=O)OCc3ccccc3)CC2)c1C. The van der Waals surface area contributed by atoms with Gasteiger partial charge in [-0.15, -0.1) is 0 Å². The molecule has 1 unspecified atom stereocenters. The van der Waals surface area contributed by atoms with Gasteiger partial charge in [0.1, 0.15) is 12.1 Å². The summed E-state index contributed by atoms with van der Waals surface area (Å²) in [7, 11) is 0. The van der Waals surface area contributed by atoms with E-state index in [9.17, 15) is 9.59 Å². The number of likely N-dealkylation sites (tertiary alicyclic amines) is 1. The van der Waals surface area contributed by atoms with Crippen molar-refractivity contribution in [1.82, 2.24) is 9.80 Å². The minimum Gasteiger partial charge on any atom is -0.445 e. The second kappa shape index (κ2) is 9.23. The molecular formula is C26H33N3O3. The molecule has 2 amide bonds. The van der Waals surface area contributed by atoms with Gasteiger partial charge in [-0.25, -0.2) is 4.79 Å². The van der Waals surface area contributed by atoms with Gasteiger partial charge < -0.3 is 14.5 Å². The Bertz CT molecular complexity index is 970. The lowest BCUT2D eigenvalue weighted by molar-refractivity contribution is -0.141. The summed E-state index contributed by atoms with van der Waals surface area (Å²) in [4.78, 5) is 32.3. The summed E-state index contributed by atoms with van der Waals surface area (Å²) in [5.74, 6) is 0.0345. The topological polar surface area (TPSA) is 53.1 Å². The van der Waals surface area contributed by atoms with Gasteiger partial charge in [0.25, 0.3) is 0 Å². The molecule has 2 heterocycles. The van der Waals surface area contributed by atoms with E-state index >= 15 is 0 Å². The van der Waals surface area contributed by atoms with Crippen molar-refractivity contribution < 1.29 is 14.3 Å². The number of amides is 2. The molecule has 0 bridgehead atoms. The number of ether oxygens (including phenoxy) is 1. The van der Waals surface area contributed by atoms with Crippen LogP contribution in [0.2, 0.25) is 0 Å². The molecule has 0 spiro atoms. The fourth-order valence-electron chi connectivity index (χ4n) is 4.84.